The van der Waals surface area contributed by atoms with Crippen LogP contribution in [0.1, 0.15) is 6.42 Å². The molecule has 0 fully saturated rings. The molecule has 86 valence electrons. The first-order valence-corrected chi connectivity index (χ1v) is 4.96. The number of anilines is 2. The first kappa shape index (κ1) is 12.2. The van der Waals surface area contributed by atoms with Gasteiger partial charge in [0.2, 0.25) is 5.95 Å². The standard InChI is InChI=1S/C10H15N5O/c1-16-6-5-15(4-2-3-11)10-13-7-9(12)8-14-10/h7-8H,2,4-6,12H2,1H3. The van der Waals surface area contributed by atoms with Crippen molar-refractivity contribution in [2.45, 2.75) is 6.42 Å². The minimum Gasteiger partial charge on any atom is -0.396 e. The molecule has 0 aliphatic rings. The van der Waals surface area contributed by atoms with Gasteiger partial charge >= 0.3 is 0 Å². The number of rotatable bonds is 6. The average molecular weight is 221 g/mol. The van der Waals surface area contributed by atoms with Crippen molar-refractivity contribution in [1.82, 2.24) is 9.97 Å². The quantitative estimate of drug-likeness (QED) is 0.749. The van der Waals surface area contributed by atoms with Crippen LogP contribution in [-0.4, -0.2) is 36.8 Å². The molecule has 0 saturated heterocycles. The molecule has 16 heavy (non-hydrogen) atoms. The Hall–Kier alpha value is -1.87. The number of nitrogen functional groups attached to an aromatic ring is 1. The minimum atomic E-state index is 0.428. The van der Waals surface area contributed by atoms with E-state index in [4.69, 9.17) is 15.7 Å². The van der Waals surface area contributed by atoms with Crippen molar-refractivity contribution >= 4 is 11.6 Å². The van der Waals surface area contributed by atoms with Crippen LogP contribution in [0.4, 0.5) is 11.6 Å². The lowest BCUT2D eigenvalue weighted by atomic mass is 10.4. The molecule has 0 aliphatic heterocycles. The summed E-state index contributed by atoms with van der Waals surface area (Å²) in [6, 6.07) is 2.09. The van der Waals surface area contributed by atoms with Crippen LogP contribution >= 0.6 is 0 Å². The maximum Gasteiger partial charge on any atom is 0.225 e. The van der Waals surface area contributed by atoms with E-state index in [0.29, 0.717) is 37.8 Å². The van der Waals surface area contributed by atoms with E-state index in [1.807, 2.05) is 4.90 Å². The van der Waals surface area contributed by atoms with Gasteiger partial charge in [-0.2, -0.15) is 5.26 Å². The third kappa shape index (κ3) is 3.71. The predicted molar refractivity (Wildman–Crippen MR) is 60.8 cm³/mol. The monoisotopic (exact) mass is 221 g/mol. The Bertz CT molecular complexity index is 345. The molecule has 0 atom stereocenters. The van der Waals surface area contributed by atoms with Gasteiger partial charge < -0.3 is 15.4 Å². The Morgan fingerprint density at radius 1 is 1.44 bits per heavy atom. The third-order valence-electron chi connectivity index (χ3n) is 2.00. The van der Waals surface area contributed by atoms with Crippen LogP contribution in [0.3, 0.4) is 0 Å². The van der Waals surface area contributed by atoms with E-state index in [1.54, 1.807) is 19.5 Å². The molecule has 1 aromatic heterocycles. The zero-order chi connectivity index (χ0) is 11.8. The number of nitriles is 1. The van der Waals surface area contributed by atoms with Gasteiger partial charge in [-0.15, -0.1) is 0 Å². The zero-order valence-corrected chi connectivity index (χ0v) is 9.26. The summed E-state index contributed by atoms with van der Waals surface area (Å²) in [5.74, 6) is 0.571. The van der Waals surface area contributed by atoms with E-state index in [-0.39, 0.29) is 0 Å². The Balaban J connectivity index is 2.67. The Labute approximate surface area is 94.7 Å². The molecular formula is C10H15N5O. The molecule has 1 rings (SSSR count). The molecule has 0 saturated carbocycles. The van der Waals surface area contributed by atoms with Gasteiger partial charge in [-0.1, -0.05) is 0 Å². The Morgan fingerprint density at radius 2 is 2.12 bits per heavy atom. The second-order valence-electron chi connectivity index (χ2n) is 3.20. The molecule has 0 spiro atoms. The van der Waals surface area contributed by atoms with Crippen molar-refractivity contribution in [2.75, 3.05) is 37.4 Å². The molecule has 0 aromatic carbocycles. The lowest BCUT2D eigenvalue weighted by Gasteiger charge is -2.20. The molecule has 0 radical (unpaired) electrons. The van der Waals surface area contributed by atoms with E-state index in [1.165, 1.54) is 0 Å². The summed E-state index contributed by atoms with van der Waals surface area (Å²) in [5.41, 5.74) is 6.03. The molecule has 0 bridgehead atoms. The number of hydrogen-bond acceptors (Lipinski definition) is 6. The number of aromatic nitrogens is 2. The van der Waals surface area contributed by atoms with Crippen LogP contribution in [-0.2, 0) is 4.74 Å². The van der Waals surface area contributed by atoms with Gasteiger partial charge in [0.05, 0.1) is 37.2 Å². The molecular weight excluding hydrogens is 206 g/mol. The SMILES string of the molecule is COCCN(CCC#N)c1ncc(N)cn1. The molecule has 0 aliphatic carbocycles. The van der Waals surface area contributed by atoms with Gasteiger partial charge in [0, 0.05) is 20.2 Å². The highest BCUT2D eigenvalue weighted by Crippen LogP contribution is 2.08. The average Bonchev–Trinajstić information content (AvgIpc) is 2.31. The zero-order valence-electron chi connectivity index (χ0n) is 9.26. The van der Waals surface area contributed by atoms with Gasteiger partial charge in [0.25, 0.3) is 0 Å². The van der Waals surface area contributed by atoms with E-state index in [2.05, 4.69) is 16.0 Å². The van der Waals surface area contributed by atoms with Crippen molar-refractivity contribution in [3.63, 3.8) is 0 Å². The summed E-state index contributed by atoms with van der Waals surface area (Å²) < 4.78 is 4.99. The third-order valence-corrected chi connectivity index (χ3v) is 2.00. The summed E-state index contributed by atoms with van der Waals surface area (Å²) in [6.45, 7) is 1.81. The Morgan fingerprint density at radius 3 is 2.69 bits per heavy atom. The Kier molecular flexibility index (Phi) is 5.02. The van der Waals surface area contributed by atoms with E-state index < -0.39 is 0 Å². The lowest BCUT2D eigenvalue weighted by Crippen LogP contribution is -2.29. The number of nitrogens with zero attached hydrogens (tertiary/aromatic N) is 4. The van der Waals surface area contributed by atoms with Crippen LogP contribution in [0.25, 0.3) is 0 Å². The van der Waals surface area contributed by atoms with Gasteiger partial charge in [0.15, 0.2) is 0 Å². The summed E-state index contributed by atoms with van der Waals surface area (Å²) in [4.78, 5) is 10.1. The van der Waals surface area contributed by atoms with Crippen molar-refractivity contribution in [3.8, 4) is 6.07 Å². The van der Waals surface area contributed by atoms with E-state index in [9.17, 15) is 0 Å². The molecule has 2 N–H and O–H groups in total. The molecule has 0 amide bonds. The largest absolute Gasteiger partial charge is 0.396 e. The fourth-order valence-corrected chi connectivity index (χ4v) is 1.19. The van der Waals surface area contributed by atoms with Gasteiger partial charge in [-0.3, -0.25) is 0 Å². The number of hydrogen-bond donors (Lipinski definition) is 1. The molecule has 0 unspecified atom stereocenters. The van der Waals surface area contributed by atoms with Crippen LogP contribution in [0, 0.1) is 11.3 Å². The molecule has 6 nitrogen and oxygen atoms in total. The second kappa shape index (κ2) is 6.58. The number of nitrogens with two attached hydrogens (primary N) is 1. The topological polar surface area (TPSA) is 88.1 Å². The van der Waals surface area contributed by atoms with Gasteiger partial charge in [-0.05, 0) is 0 Å². The van der Waals surface area contributed by atoms with Crippen molar-refractivity contribution < 1.29 is 4.74 Å². The van der Waals surface area contributed by atoms with Crippen LogP contribution in [0.15, 0.2) is 12.4 Å². The summed E-state index contributed by atoms with van der Waals surface area (Å²) in [6.07, 6.45) is 3.53. The first-order chi connectivity index (χ1) is 7.77. The number of ether oxygens (including phenoxy) is 1. The van der Waals surface area contributed by atoms with Crippen LogP contribution in [0.2, 0.25) is 0 Å². The summed E-state index contributed by atoms with van der Waals surface area (Å²) >= 11 is 0. The predicted octanol–water partition coefficient (Wildman–Crippen LogP) is 0.425. The fraction of sp³-hybridized carbons (Fsp3) is 0.500. The summed E-state index contributed by atoms with van der Waals surface area (Å²) in [5, 5.41) is 8.56. The fourth-order valence-electron chi connectivity index (χ4n) is 1.19. The highest BCUT2D eigenvalue weighted by atomic mass is 16.5. The van der Waals surface area contributed by atoms with E-state index in [0.717, 1.165) is 0 Å². The van der Waals surface area contributed by atoms with Crippen molar-refractivity contribution in [1.29, 1.82) is 5.26 Å². The van der Waals surface area contributed by atoms with Crippen LogP contribution < -0.4 is 10.6 Å². The lowest BCUT2D eigenvalue weighted by molar-refractivity contribution is 0.205. The minimum absolute atomic E-state index is 0.428. The maximum absolute atomic E-state index is 8.56. The number of methoxy groups -OCH3 is 1. The van der Waals surface area contributed by atoms with Crippen LogP contribution in [0.5, 0.6) is 0 Å². The highest BCUT2D eigenvalue weighted by Gasteiger charge is 2.08. The van der Waals surface area contributed by atoms with Gasteiger partial charge in [-0.25, -0.2) is 9.97 Å². The van der Waals surface area contributed by atoms with Crippen molar-refractivity contribution in [2.24, 2.45) is 0 Å². The highest BCUT2D eigenvalue weighted by molar-refractivity contribution is 5.37. The normalized spacial score (nSPS) is 9.75. The smallest absolute Gasteiger partial charge is 0.225 e. The second-order valence-corrected chi connectivity index (χ2v) is 3.20. The van der Waals surface area contributed by atoms with E-state index >= 15 is 0 Å². The molecule has 6 heteroatoms. The van der Waals surface area contributed by atoms with Crippen molar-refractivity contribution in [3.05, 3.63) is 12.4 Å². The first-order valence-electron chi connectivity index (χ1n) is 4.96. The summed E-state index contributed by atoms with van der Waals surface area (Å²) in [7, 11) is 1.63. The maximum atomic E-state index is 8.56. The van der Waals surface area contributed by atoms with Gasteiger partial charge in [0.1, 0.15) is 0 Å². The molecule has 1 aromatic rings. The molecule has 1 heterocycles.